The number of hydrogen-bond donors (Lipinski definition) is 1. The molecule has 0 bridgehead atoms. The first kappa shape index (κ1) is 14.5. The summed E-state index contributed by atoms with van der Waals surface area (Å²) in [6.07, 6.45) is 7.69. The van der Waals surface area contributed by atoms with Crippen molar-refractivity contribution in [2.24, 2.45) is 5.92 Å². The van der Waals surface area contributed by atoms with Crippen LogP contribution >= 0.6 is 0 Å². The van der Waals surface area contributed by atoms with Crippen molar-refractivity contribution in [2.75, 3.05) is 19.6 Å². The minimum Gasteiger partial charge on any atom is -0.314 e. The second kappa shape index (κ2) is 7.61. The lowest BCUT2D eigenvalue weighted by molar-refractivity contribution is 0.156. The lowest BCUT2D eigenvalue weighted by atomic mass is 9.90. The minimum absolute atomic E-state index is 0.667. The van der Waals surface area contributed by atoms with Gasteiger partial charge in [0.1, 0.15) is 0 Å². The van der Waals surface area contributed by atoms with Crippen molar-refractivity contribution >= 4 is 0 Å². The molecule has 1 N–H and O–H groups in total. The van der Waals surface area contributed by atoms with Gasteiger partial charge in [-0.05, 0) is 63.4 Å². The lowest BCUT2D eigenvalue weighted by Crippen LogP contribution is -2.41. The molecular formula is C16H27N3. The number of piperidine rings is 1. The number of likely N-dealkylation sites (tertiary alicyclic amines) is 1. The maximum absolute atomic E-state index is 4.19. The van der Waals surface area contributed by atoms with E-state index in [1.165, 1.54) is 37.9 Å². The molecule has 0 aliphatic carbocycles. The molecule has 0 radical (unpaired) electrons. The van der Waals surface area contributed by atoms with E-state index in [1.807, 2.05) is 18.5 Å². The molecule has 1 aromatic rings. The maximum Gasteiger partial charge on any atom is 0.0312 e. The topological polar surface area (TPSA) is 28.2 Å². The van der Waals surface area contributed by atoms with Crippen molar-refractivity contribution in [3.8, 4) is 0 Å². The van der Waals surface area contributed by atoms with Crippen LogP contribution in [0.3, 0.4) is 0 Å². The van der Waals surface area contributed by atoms with Gasteiger partial charge in [-0.15, -0.1) is 0 Å². The van der Waals surface area contributed by atoms with Gasteiger partial charge in [-0.2, -0.15) is 0 Å². The number of hydrogen-bond acceptors (Lipinski definition) is 3. The summed E-state index contributed by atoms with van der Waals surface area (Å²) in [5, 5.41) is 3.64. The predicted octanol–water partition coefficient (Wildman–Crippen LogP) is 2.68. The molecule has 1 aromatic heterocycles. The van der Waals surface area contributed by atoms with Crippen LogP contribution in [0.15, 0.2) is 24.5 Å². The molecule has 1 saturated heterocycles. The third kappa shape index (κ3) is 4.59. The van der Waals surface area contributed by atoms with Gasteiger partial charge in [-0.3, -0.25) is 9.88 Å². The molecule has 0 aromatic carbocycles. The first-order chi connectivity index (χ1) is 9.29. The molecule has 0 spiro atoms. The first-order valence-electron chi connectivity index (χ1n) is 7.64. The number of pyridine rings is 1. The van der Waals surface area contributed by atoms with Crippen LogP contribution in [-0.4, -0.2) is 35.6 Å². The number of rotatable bonds is 6. The van der Waals surface area contributed by atoms with E-state index in [-0.39, 0.29) is 0 Å². The highest BCUT2D eigenvalue weighted by molar-refractivity contribution is 5.08. The van der Waals surface area contributed by atoms with Crippen LogP contribution in [0, 0.1) is 5.92 Å². The van der Waals surface area contributed by atoms with Crippen LogP contribution in [-0.2, 0) is 6.54 Å². The van der Waals surface area contributed by atoms with Gasteiger partial charge in [0.2, 0.25) is 0 Å². The monoisotopic (exact) mass is 261 g/mol. The van der Waals surface area contributed by atoms with Crippen LogP contribution in [0.2, 0.25) is 0 Å². The lowest BCUT2D eigenvalue weighted by Gasteiger charge is -2.35. The van der Waals surface area contributed by atoms with Crippen LogP contribution in [0.5, 0.6) is 0 Å². The summed E-state index contributed by atoms with van der Waals surface area (Å²) in [7, 11) is 0. The van der Waals surface area contributed by atoms with Gasteiger partial charge in [0.05, 0.1) is 0 Å². The highest BCUT2D eigenvalue weighted by Crippen LogP contribution is 2.21. The van der Waals surface area contributed by atoms with Crippen molar-refractivity contribution in [1.29, 1.82) is 0 Å². The molecule has 2 heterocycles. The van der Waals surface area contributed by atoms with Gasteiger partial charge in [0.25, 0.3) is 0 Å². The maximum atomic E-state index is 4.19. The van der Waals surface area contributed by atoms with Crippen molar-refractivity contribution in [3.05, 3.63) is 30.1 Å². The highest BCUT2D eigenvalue weighted by atomic mass is 15.1. The zero-order valence-electron chi connectivity index (χ0n) is 12.3. The quantitative estimate of drug-likeness (QED) is 0.853. The van der Waals surface area contributed by atoms with E-state index in [4.69, 9.17) is 0 Å². The SMILES string of the molecule is CCCNC(C)C1CCN(Cc2cccnc2)CC1. The predicted molar refractivity (Wildman–Crippen MR) is 80.0 cm³/mol. The fourth-order valence-electron chi connectivity index (χ4n) is 2.90. The Morgan fingerprint density at radius 3 is 2.84 bits per heavy atom. The summed E-state index contributed by atoms with van der Waals surface area (Å²) in [6.45, 7) is 9.22. The Morgan fingerprint density at radius 1 is 1.42 bits per heavy atom. The average molecular weight is 261 g/mol. The Kier molecular flexibility index (Phi) is 5.80. The third-order valence-corrected chi connectivity index (χ3v) is 4.18. The van der Waals surface area contributed by atoms with Crippen LogP contribution < -0.4 is 5.32 Å². The second-order valence-corrected chi connectivity index (χ2v) is 5.72. The zero-order valence-corrected chi connectivity index (χ0v) is 12.3. The molecular weight excluding hydrogens is 234 g/mol. The standard InChI is InChI=1S/C16H27N3/c1-3-8-18-14(2)16-6-10-19(11-7-16)13-15-5-4-9-17-12-15/h4-5,9,12,14,16,18H,3,6-8,10-11,13H2,1-2H3. The summed E-state index contributed by atoms with van der Waals surface area (Å²) in [6, 6.07) is 4.86. The normalized spacial score (nSPS) is 19.5. The second-order valence-electron chi connectivity index (χ2n) is 5.72. The fraction of sp³-hybridized carbons (Fsp3) is 0.688. The van der Waals surface area contributed by atoms with E-state index in [1.54, 1.807) is 0 Å². The molecule has 1 aliphatic rings. The molecule has 1 fully saturated rings. The third-order valence-electron chi connectivity index (χ3n) is 4.18. The van der Waals surface area contributed by atoms with Crippen molar-refractivity contribution in [2.45, 2.75) is 45.7 Å². The first-order valence-corrected chi connectivity index (χ1v) is 7.64. The highest BCUT2D eigenvalue weighted by Gasteiger charge is 2.23. The van der Waals surface area contributed by atoms with E-state index in [2.05, 4.69) is 35.1 Å². The summed E-state index contributed by atoms with van der Waals surface area (Å²) in [4.78, 5) is 6.75. The van der Waals surface area contributed by atoms with E-state index >= 15 is 0 Å². The van der Waals surface area contributed by atoms with E-state index in [9.17, 15) is 0 Å². The Balaban J connectivity index is 1.73. The Labute approximate surface area is 117 Å². The van der Waals surface area contributed by atoms with Gasteiger partial charge in [0, 0.05) is 25.0 Å². The number of nitrogens with zero attached hydrogens (tertiary/aromatic N) is 2. The van der Waals surface area contributed by atoms with E-state index < -0.39 is 0 Å². The molecule has 1 unspecified atom stereocenters. The van der Waals surface area contributed by atoms with E-state index in [0.29, 0.717) is 6.04 Å². The molecule has 1 aliphatic heterocycles. The summed E-state index contributed by atoms with van der Waals surface area (Å²) in [5.41, 5.74) is 1.33. The van der Waals surface area contributed by atoms with Crippen molar-refractivity contribution in [1.82, 2.24) is 15.2 Å². The molecule has 3 nitrogen and oxygen atoms in total. The molecule has 1 atom stereocenters. The van der Waals surface area contributed by atoms with Crippen LogP contribution in [0.25, 0.3) is 0 Å². The van der Waals surface area contributed by atoms with Crippen LogP contribution in [0.4, 0.5) is 0 Å². The Hall–Kier alpha value is -0.930. The van der Waals surface area contributed by atoms with Gasteiger partial charge in [0.15, 0.2) is 0 Å². The smallest absolute Gasteiger partial charge is 0.0312 e. The van der Waals surface area contributed by atoms with Gasteiger partial charge < -0.3 is 5.32 Å². The fourth-order valence-corrected chi connectivity index (χ4v) is 2.90. The largest absolute Gasteiger partial charge is 0.314 e. The Morgan fingerprint density at radius 2 is 2.21 bits per heavy atom. The summed E-state index contributed by atoms with van der Waals surface area (Å²) in [5.74, 6) is 0.844. The molecule has 19 heavy (non-hydrogen) atoms. The number of aromatic nitrogens is 1. The summed E-state index contributed by atoms with van der Waals surface area (Å²) < 4.78 is 0. The number of nitrogens with one attached hydrogen (secondary N) is 1. The Bertz CT molecular complexity index is 344. The van der Waals surface area contributed by atoms with Crippen LogP contribution in [0.1, 0.15) is 38.7 Å². The van der Waals surface area contributed by atoms with Gasteiger partial charge >= 0.3 is 0 Å². The minimum atomic E-state index is 0.667. The summed E-state index contributed by atoms with van der Waals surface area (Å²) >= 11 is 0. The van der Waals surface area contributed by atoms with E-state index in [0.717, 1.165) is 19.0 Å². The molecule has 3 heteroatoms. The zero-order chi connectivity index (χ0) is 13.5. The molecule has 2 rings (SSSR count). The van der Waals surface area contributed by atoms with Crippen molar-refractivity contribution in [3.63, 3.8) is 0 Å². The van der Waals surface area contributed by atoms with Crippen molar-refractivity contribution < 1.29 is 0 Å². The molecule has 106 valence electrons. The van der Waals surface area contributed by atoms with Gasteiger partial charge in [-0.1, -0.05) is 13.0 Å². The molecule has 0 amide bonds. The molecule has 0 saturated carbocycles. The average Bonchev–Trinajstić information content (AvgIpc) is 2.46. The van der Waals surface area contributed by atoms with Gasteiger partial charge in [-0.25, -0.2) is 0 Å².